The van der Waals surface area contributed by atoms with Crippen molar-refractivity contribution < 1.29 is 4.74 Å². The summed E-state index contributed by atoms with van der Waals surface area (Å²) in [5.41, 5.74) is 6.76. The van der Waals surface area contributed by atoms with Crippen molar-refractivity contribution in [2.45, 2.75) is 6.92 Å². The van der Waals surface area contributed by atoms with Crippen LogP contribution in [-0.4, -0.2) is 4.98 Å². The van der Waals surface area contributed by atoms with Crippen LogP contribution >= 0.6 is 0 Å². The summed E-state index contributed by atoms with van der Waals surface area (Å²) < 4.78 is 5.63. The van der Waals surface area contributed by atoms with E-state index in [0.29, 0.717) is 23.0 Å². The van der Waals surface area contributed by atoms with E-state index in [9.17, 15) is 4.91 Å². The number of aryl methyl sites for hydroxylation is 1. The lowest BCUT2D eigenvalue weighted by Gasteiger charge is -2.08. The molecular formula is C12H11N3O2. The van der Waals surface area contributed by atoms with Gasteiger partial charge >= 0.3 is 0 Å². The van der Waals surface area contributed by atoms with E-state index in [0.717, 1.165) is 5.56 Å². The number of rotatable bonds is 3. The molecule has 2 aromatic rings. The van der Waals surface area contributed by atoms with E-state index in [1.165, 1.54) is 0 Å². The smallest absolute Gasteiger partial charge is 0.132 e. The van der Waals surface area contributed by atoms with Gasteiger partial charge in [-0.15, -0.1) is 4.91 Å². The predicted octanol–water partition coefficient (Wildman–Crippen LogP) is 3.16. The molecule has 1 aromatic heterocycles. The highest BCUT2D eigenvalue weighted by atomic mass is 16.5. The van der Waals surface area contributed by atoms with Crippen molar-refractivity contribution in [2.75, 3.05) is 5.73 Å². The molecule has 0 spiro atoms. The van der Waals surface area contributed by atoms with Gasteiger partial charge in [-0.05, 0) is 41.9 Å². The molecule has 5 heteroatoms. The Kier molecular flexibility index (Phi) is 3.00. The number of anilines is 1. The molecular weight excluding hydrogens is 218 g/mol. The Morgan fingerprint density at radius 1 is 1.29 bits per heavy atom. The van der Waals surface area contributed by atoms with Gasteiger partial charge in [0.2, 0.25) is 0 Å². The third-order valence-corrected chi connectivity index (χ3v) is 2.24. The van der Waals surface area contributed by atoms with Crippen LogP contribution in [0.2, 0.25) is 0 Å². The summed E-state index contributed by atoms with van der Waals surface area (Å²) in [6.45, 7) is 1.84. The van der Waals surface area contributed by atoms with Gasteiger partial charge in [-0.1, -0.05) is 0 Å². The molecule has 0 saturated heterocycles. The van der Waals surface area contributed by atoms with Gasteiger partial charge in [-0.3, -0.25) is 0 Å². The highest BCUT2D eigenvalue weighted by Crippen LogP contribution is 2.28. The quantitative estimate of drug-likeness (QED) is 0.820. The number of nitroso groups, excluding NO2 is 1. The summed E-state index contributed by atoms with van der Waals surface area (Å²) in [4.78, 5) is 14.2. The molecule has 86 valence electrons. The second-order valence-electron chi connectivity index (χ2n) is 3.56. The van der Waals surface area contributed by atoms with Gasteiger partial charge < -0.3 is 10.5 Å². The van der Waals surface area contributed by atoms with Gasteiger partial charge in [-0.2, -0.15) is 0 Å². The van der Waals surface area contributed by atoms with Crippen molar-refractivity contribution in [3.63, 3.8) is 0 Å². The average Bonchev–Trinajstić information content (AvgIpc) is 2.32. The zero-order chi connectivity index (χ0) is 12.3. The molecule has 0 unspecified atom stereocenters. The molecule has 0 atom stereocenters. The second kappa shape index (κ2) is 4.61. The minimum Gasteiger partial charge on any atom is -0.457 e. The van der Waals surface area contributed by atoms with Crippen LogP contribution in [0.1, 0.15) is 5.56 Å². The average molecular weight is 229 g/mol. The maximum Gasteiger partial charge on any atom is 0.132 e. The van der Waals surface area contributed by atoms with E-state index >= 15 is 0 Å². The summed E-state index contributed by atoms with van der Waals surface area (Å²) in [5, 5.41) is 2.86. The molecule has 0 saturated carbocycles. The monoisotopic (exact) mass is 229 g/mol. The predicted molar refractivity (Wildman–Crippen MR) is 65.4 cm³/mol. The van der Waals surface area contributed by atoms with Crippen LogP contribution in [0.4, 0.5) is 11.5 Å². The SMILES string of the molecule is Cc1cc(N=O)ccc1Oc1ccnc(N)c1. The van der Waals surface area contributed by atoms with Crippen LogP contribution in [0.3, 0.4) is 0 Å². The van der Waals surface area contributed by atoms with Gasteiger partial charge in [0.1, 0.15) is 23.0 Å². The van der Waals surface area contributed by atoms with Gasteiger partial charge in [-0.25, -0.2) is 4.98 Å². The lowest BCUT2D eigenvalue weighted by Crippen LogP contribution is -1.91. The van der Waals surface area contributed by atoms with E-state index in [-0.39, 0.29) is 0 Å². The Hall–Kier alpha value is -2.43. The molecule has 0 fully saturated rings. The number of benzene rings is 1. The first-order valence-electron chi connectivity index (χ1n) is 5.02. The summed E-state index contributed by atoms with van der Waals surface area (Å²) in [5.74, 6) is 1.65. The standard InChI is InChI=1S/C12H11N3O2/c1-8-6-9(15-16)2-3-11(8)17-10-4-5-14-12(13)7-10/h2-7H,1H3,(H2,13,14). The summed E-state index contributed by atoms with van der Waals surface area (Å²) >= 11 is 0. The summed E-state index contributed by atoms with van der Waals surface area (Å²) in [7, 11) is 0. The number of hydrogen-bond acceptors (Lipinski definition) is 5. The fraction of sp³-hybridized carbons (Fsp3) is 0.0833. The van der Waals surface area contributed by atoms with Crippen molar-refractivity contribution in [3.8, 4) is 11.5 Å². The fourth-order valence-corrected chi connectivity index (χ4v) is 1.42. The molecule has 0 radical (unpaired) electrons. The molecule has 17 heavy (non-hydrogen) atoms. The molecule has 1 heterocycles. The highest BCUT2D eigenvalue weighted by molar-refractivity contribution is 5.48. The van der Waals surface area contributed by atoms with Crippen LogP contribution < -0.4 is 10.5 Å². The minimum atomic E-state index is 0.379. The normalized spacial score (nSPS) is 9.94. The third-order valence-electron chi connectivity index (χ3n) is 2.24. The van der Waals surface area contributed by atoms with Crippen molar-refractivity contribution in [3.05, 3.63) is 47.0 Å². The third kappa shape index (κ3) is 2.57. The number of nitrogen functional groups attached to an aromatic ring is 1. The molecule has 1 aromatic carbocycles. The molecule has 2 N–H and O–H groups in total. The fourth-order valence-electron chi connectivity index (χ4n) is 1.42. The van der Waals surface area contributed by atoms with E-state index in [4.69, 9.17) is 10.5 Å². The number of pyridine rings is 1. The van der Waals surface area contributed by atoms with Gasteiger partial charge in [0.15, 0.2) is 0 Å². The maximum atomic E-state index is 10.4. The lowest BCUT2D eigenvalue weighted by atomic mass is 10.2. The zero-order valence-electron chi connectivity index (χ0n) is 9.25. The van der Waals surface area contributed by atoms with E-state index < -0.39 is 0 Å². The highest BCUT2D eigenvalue weighted by Gasteiger charge is 2.03. The Morgan fingerprint density at radius 3 is 2.76 bits per heavy atom. The van der Waals surface area contributed by atoms with Crippen LogP contribution in [0, 0.1) is 11.8 Å². The Morgan fingerprint density at radius 2 is 2.12 bits per heavy atom. The first-order chi connectivity index (χ1) is 8.19. The van der Waals surface area contributed by atoms with Crippen LogP contribution in [0.5, 0.6) is 11.5 Å². The number of nitrogens with zero attached hydrogens (tertiary/aromatic N) is 2. The number of ether oxygens (including phenoxy) is 1. The number of aromatic nitrogens is 1. The Bertz CT molecular complexity index is 555. The Balaban J connectivity index is 2.27. The largest absolute Gasteiger partial charge is 0.457 e. The molecule has 2 rings (SSSR count). The zero-order valence-corrected chi connectivity index (χ0v) is 9.25. The van der Waals surface area contributed by atoms with Crippen molar-refractivity contribution in [1.29, 1.82) is 0 Å². The van der Waals surface area contributed by atoms with Gasteiger partial charge in [0.25, 0.3) is 0 Å². The lowest BCUT2D eigenvalue weighted by molar-refractivity contribution is 0.478. The van der Waals surface area contributed by atoms with Gasteiger partial charge in [0, 0.05) is 12.3 Å². The minimum absolute atomic E-state index is 0.379. The van der Waals surface area contributed by atoms with Gasteiger partial charge in [0.05, 0.1) is 0 Å². The molecule has 0 bridgehead atoms. The van der Waals surface area contributed by atoms with Crippen molar-refractivity contribution >= 4 is 11.5 Å². The molecule has 0 aliphatic rings. The van der Waals surface area contributed by atoms with E-state index in [1.807, 2.05) is 6.92 Å². The van der Waals surface area contributed by atoms with Crippen LogP contribution in [-0.2, 0) is 0 Å². The number of nitrogens with two attached hydrogens (primary N) is 1. The molecule has 0 aliphatic heterocycles. The molecule has 0 aliphatic carbocycles. The summed E-state index contributed by atoms with van der Waals surface area (Å²) in [6.07, 6.45) is 1.57. The first-order valence-corrected chi connectivity index (χ1v) is 5.02. The van der Waals surface area contributed by atoms with Crippen LogP contribution in [0.25, 0.3) is 0 Å². The van der Waals surface area contributed by atoms with E-state index in [2.05, 4.69) is 10.2 Å². The Labute approximate surface area is 98.2 Å². The topological polar surface area (TPSA) is 77.6 Å². The first kappa shape index (κ1) is 11.1. The molecule has 5 nitrogen and oxygen atoms in total. The van der Waals surface area contributed by atoms with Crippen molar-refractivity contribution in [1.82, 2.24) is 4.98 Å². The number of hydrogen-bond donors (Lipinski definition) is 1. The van der Waals surface area contributed by atoms with E-state index in [1.54, 1.807) is 36.5 Å². The second-order valence-corrected chi connectivity index (χ2v) is 3.56. The van der Waals surface area contributed by atoms with Crippen molar-refractivity contribution in [2.24, 2.45) is 5.18 Å². The van der Waals surface area contributed by atoms with Crippen LogP contribution in [0.15, 0.2) is 41.7 Å². The summed E-state index contributed by atoms with van der Waals surface area (Å²) in [6, 6.07) is 8.29. The maximum absolute atomic E-state index is 10.4. The molecule has 0 amide bonds.